The van der Waals surface area contributed by atoms with E-state index in [1.165, 1.54) is 0 Å². The van der Waals surface area contributed by atoms with E-state index in [1.54, 1.807) is 31.2 Å². The highest BCUT2D eigenvalue weighted by Crippen LogP contribution is 2.23. The Labute approximate surface area is 155 Å². The number of ether oxygens (including phenoxy) is 1. The molecule has 0 aromatic heterocycles. The van der Waals surface area contributed by atoms with Gasteiger partial charge in [-0.15, -0.1) is 0 Å². The van der Waals surface area contributed by atoms with Crippen molar-refractivity contribution in [3.8, 4) is 11.5 Å². The number of para-hydroxylation sites is 1. The molecule has 0 fully saturated rings. The number of anilines is 2. The lowest BCUT2D eigenvalue weighted by Gasteiger charge is -2.16. The third-order valence-electron chi connectivity index (χ3n) is 3.80. The van der Waals surface area contributed by atoms with Gasteiger partial charge in [0, 0.05) is 11.8 Å². The van der Waals surface area contributed by atoms with Crippen molar-refractivity contribution in [2.45, 2.75) is 13.0 Å². The third-order valence-corrected chi connectivity index (χ3v) is 3.80. The van der Waals surface area contributed by atoms with Gasteiger partial charge in [-0.2, -0.15) is 0 Å². The Morgan fingerprint density at radius 3 is 2.30 bits per heavy atom. The van der Waals surface area contributed by atoms with Gasteiger partial charge < -0.3 is 15.4 Å². The number of benzene rings is 3. The molecule has 27 heavy (non-hydrogen) atoms. The van der Waals surface area contributed by atoms with Crippen LogP contribution in [0.2, 0.25) is 0 Å². The standard InChI is InChI=1S/C21H18F2N2O2/c1-14(21(26)25-20-13-15(22)7-12-19(20)23)24-16-8-10-18(11-9-16)27-17-5-3-2-4-6-17/h2-14,24H,1H3,(H,25,26). The van der Waals surface area contributed by atoms with Crippen LogP contribution in [-0.4, -0.2) is 11.9 Å². The quantitative estimate of drug-likeness (QED) is 0.629. The third kappa shape index (κ3) is 5.04. The molecule has 4 nitrogen and oxygen atoms in total. The largest absolute Gasteiger partial charge is 0.457 e. The second-order valence-corrected chi connectivity index (χ2v) is 5.92. The van der Waals surface area contributed by atoms with Gasteiger partial charge in [0.05, 0.1) is 5.69 Å². The minimum absolute atomic E-state index is 0.194. The molecule has 0 aliphatic rings. The van der Waals surface area contributed by atoms with Crippen LogP contribution in [0, 0.1) is 11.6 Å². The molecule has 1 atom stereocenters. The first kappa shape index (κ1) is 18.4. The first-order chi connectivity index (χ1) is 13.0. The topological polar surface area (TPSA) is 50.4 Å². The van der Waals surface area contributed by atoms with E-state index < -0.39 is 23.6 Å². The van der Waals surface area contributed by atoms with E-state index in [2.05, 4.69) is 10.6 Å². The van der Waals surface area contributed by atoms with E-state index in [9.17, 15) is 13.6 Å². The van der Waals surface area contributed by atoms with Crippen molar-refractivity contribution in [1.29, 1.82) is 0 Å². The zero-order valence-electron chi connectivity index (χ0n) is 14.6. The monoisotopic (exact) mass is 368 g/mol. The molecule has 0 aliphatic heterocycles. The molecule has 6 heteroatoms. The van der Waals surface area contributed by atoms with Crippen molar-refractivity contribution < 1.29 is 18.3 Å². The highest BCUT2D eigenvalue weighted by atomic mass is 19.1. The van der Waals surface area contributed by atoms with Gasteiger partial charge in [-0.1, -0.05) is 18.2 Å². The molecule has 3 aromatic carbocycles. The van der Waals surface area contributed by atoms with Gasteiger partial charge in [0.2, 0.25) is 5.91 Å². The zero-order valence-corrected chi connectivity index (χ0v) is 14.6. The molecule has 3 rings (SSSR count). The molecule has 2 N–H and O–H groups in total. The summed E-state index contributed by atoms with van der Waals surface area (Å²) in [6.45, 7) is 1.63. The van der Waals surface area contributed by atoms with E-state index in [4.69, 9.17) is 4.74 Å². The molecule has 0 heterocycles. The average Bonchev–Trinajstić information content (AvgIpc) is 2.67. The molecule has 1 unspecified atom stereocenters. The number of amides is 1. The minimum Gasteiger partial charge on any atom is -0.457 e. The molecular formula is C21H18F2N2O2. The van der Waals surface area contributed by atoms with Crippen molar-refractivity contribution in [2.75, 3.05) is 10.6 Å². The van der Waals surface area contributed by atoms with Gasteiger partial charge in [0.15, 0.2) is 0 Å². The highest BCUT2D eigenvalue weighted by Gasteiger charge is 2.15. The summed E-state index contributed by atoms with van der Waals surface area (Å²) in [5, 5.41) is 5.38. The summed E-state index contributed by atoms with van der Waals surface area (Å²) in [6.07, 6.45) is 0. The molecule has 0 spiro atoms. The van der Waals surface area contributed by atoms with Crippen molar-refractivity contribution in [3.05, 3.63) is 84.4 Å². The number of nitrogens with one attached hydrogen (secondary N) is 2. The van der Waals surface area contributed by atoms with Crippen molar-refractivity contribution in [2.24, 2.45) is 0 Å². The first-order valence-electron chi connectivity index (χ1n) is 8.37. The number of carbonyl (C=O) groups excluding carboxylic acids is 1. The Hall–Kier alpha value is -3.41. The van der Waals surface area contributed by atoms with E-state index >= 15 is 0 Å². The maximum absolute atomic E-state index is 13.6. The molecule has 3 aromatic rings. The predicted molar refractivity (Wildman–Crippen MR) is 101 cm³/mol. The molecule has 0 bridgehead atoms. The Morgan fingerprint density at radius 2 is 1.59 bits per heavy atom. The first-order valence-corrected chi connectivity index (χ1v) is 8.37. The van der Waals surface area contributed by atoms with Gasteiger partial charge in [-0.05, 0) is 55.5 Å². The van der Waals surface area contributed by atoms with Crippen LogP contribution in [0.25, 0.3) is 0 Å². The molecular weight excluding hydrogens is 350 g/mol. The normalized spacial score (nSPS) is 11.5. The number of rotatable bonds is 6. The molecule has 138 valence electrons. The maximum atomic E-state index is 13.6. The second kappa shape index (κ2) is 8.31. The lowest BCUT2D eigenvalue weighted by Crippen LogP contribution is -2.32. The van der Waals surface area contributed by atoms with Crippen LogP contribution < -0.4 is 15.4 Å². The molecule has 0 saturated heterocycles. The summed E-state index contributed by atoms with van der Waals surface area (Å²) in [4.78, 5) is 12.2. The fourth-order valence-electron chi connectivity index (χ4n) is 2.39. The number of carbonyl (C=O) groups is 1. The van der Waals surface area contributed by atoms with Crippen LogP contribution in [0.4, 0.5) is 20.2 Å². The smallest absolute Gasteiger partial charge is 0.246 e. The van der Waals surface area contributed by atoms with Crippen LogP contribution in [0.3, 0.4) is 0 Å². The Balaban J connectivity index is 1.59. The van der Waals surface area contributed by atoms with Crippen LogP contribution in [0.1, 0.15) is 6.92 Å². The van der Waals surface area contributed by atoms with Gasteiger partial charge in [-0.25, -0.2) is 8.78 Å². The van der Waals surface area contributed by atoms with Crippen LogP contribution in [0.5, 0.6) is 11.5 Å². The summed E-state index contributed by atoms with van der Waals surface area (Å²) in [5.74, 6) is -0.418. The van der Waals surface area contributed by atoms with Crippen LogP contribution in [-0.2, 0) is 4.79 Å². The van der Waals surface area contributed by atoms with Crippen LogP contribution >= 0.6 is 0 Å². The molecule has 0 radical (unpaired) electrons. The van der Waals surface area contributed by atoms with Gasteiger partial charge >= 0.3 is 0 Å². The summed E-state index contributed by atoms with van der Waals surface area (Å²) in [5.41, 5.74) is 0.498. The van der Waals surface area contributed by atoms with Gasteiger partial charge in [-0.3, -0.25) is 4.79 Å². The fourth-order valence-corrected chi connectivity index (χ4v) is 2.39. The molecule has 1 amide bonds. The van der Waals surface area contributed by atoms with Crippen molar-refractivity contribution >= 4 is 17.3 Å². The summed E-state index contributed by atoms with van der Waals surface area (Å²) >= 11 is 0. The lowest BCUT2D eigenvalue weighted by atomic mass is 10.2. The van der Waals surface area contributed by atoms with E-state index in [1.807, 2.05) is 30.3 Å². The summed E-state index contributed by atoms with van der Waals surface area (Å²) in [7, 11) is 0. The van der Waals surface area contributed by atoms with E-state index in [-0.39, 0.29) is 5.69 Å². The number of hydrogen-bond acceptors (Lipinski definition) is 3. The number of hydrogen-bond donors (Lipinski definition) is 2. The highest BCUT2D eigenvalue weighted by molar-refractivity contribution is 5.96. The van der Waals surface area contributed by atoms with E-state index in [0.29, 0.717) is 11.4 Å². The summed E-state index contributed by atoms with van der Waals surface area (Å²) in [6, 6.07) is 18.7. The minimum atomic E-state index is -0.695. The van der Waals surface area contributed by atoms with Crippen molar-refractivity contribution in [3.63, 3.8) is 0 Å². The SMILES string of the molecule is CC(Nc1ccc(Oc2ccccc2)cc1)C(=O)Nc1cc(F)ccc1F. The average molecular weight is 368 g/mol. The lowest BCUT2D eigenvalue weighted by molar-refractivity contribution is -0.116. The Bertz CT molecular complexity index is 915. The summed E-state index contributed by atoms with van der Waals surface area (Å²) < 4.78 is 32.5. The van der Waals surface area contributed by atoms with Crippen LogP contribution in [0.15, 0.2) is 72.8 Å². The second-order valence-electron chi connectivity index (χ2n) is 5.92. The van der Waals surface area contributed by atoms with Crippen molar-refractivity contribution in [1.82, 2.24) is 0 Å². The maximum Gasteiger partial charge on any atom is 0.246 e. The molecule has 0 aliphatic carbocycles. The fraction of sp³-hybridized carbons (Fsp3) is 0.0952. The predicted octanol–water partition coefficient (Wildman–Crippen LogP) is 5.20. The molecule has 0 saturated carbocycles. The zero-order chi connectivity index (χ0) is 19.2. The number of halogens is 2. The Kier molecular flexibility index (Phi) is 5.66. The Morgan fingerprint density at radius 1 is 0.926 bits per heavy atom. The van der Waals surface area contributed by atoms with Gasteiger partial charge in [0.25, 0.3) is 0 Å². The van der Waals surface area contributed by atoms with E-state index in [0.717, 1.165) is 23.9 Å². The van der Waals surface area contributed by atoms with Gasteiger partial charge in [0.1, 0.15) is 29.2 Å².